The summed E-state index contributed by atoms with van der Waals surface area (Å²) < 4.78 is 13.2. The number of benzene rings is 2. The lowest BCUT2D eigenvalue weighted by Crippen LogP contribution is -2.60. The Hall–Kier alpha value is -2.97. The van der Waals surface area contributed by atoms with Crippen molar-refractivity contribution in [1.82, 2.24) is 15.1 Å². The van der Waals surface area contributed by atoms with Gasteiger partial charge in [-0.2, -0.15) is 0 Å². The molecule has 1 fully saturated rings. The van der Waals surface area contributed by atoms with E-state index < -0.39 is 5.91 Å². The number of nitrogens with zero attached hydrogens (tertiary/aromatic N) is 2. The summed E-state index contributed by atoms with van der Waals surface area (Å²) in [6.45, 7) is 1.49. The molecular formula is C27H34ClFN4O3. The van der Waals surface area contributed by atoms with Gasteiger partial charge >= 0.3 is 0 Å². The summed E-state index contributed by atoms with van der Waals surface area (Å²) in [5.74, 6) is -0.828. The molecule has 7 nitrogen and oxygen atoms in total. The molecule has 3 amide bonds. The summed E-state index contributed by atoms with van der Waals surface area (Å²) in [5, 5.41) is 3.43. The molecule has 3 rings (SSSR count). The predicted octanol–water partition coefficient (Wildman–Crippen LogP) is 2.94. The van der Waals surface area contributed by atoms with Crippen molar-refractivity contribution in [1.29, 1.82) is 0 Å². The third kappa shape index (κ3) is 8.03. The summed E-state index contributed by atoms with van der Waals surface area (Å²) in [7, 11) is 1.62. The van der Waals surface area contributed by atoms with Crippen molar-refractivity contribution in [2.45, 2.75) is 50.6 Å². The van der Waals surface area contributed by atoms with Crippen LogP contribution < -0.4 is 11.1 Å². The molecule has 1 saturated heterocycles. The quantitative estimate of drug-likeness (QED) is 0.480. The predicted molar refractivity (Wildman–Crippen MR) is 138 cm³/mol. The van der Waals surface area contributed by atoms with E-state index in [4.69, 9.17) is 17.3 Å². The standard InChI is InChI=1S/C27H34ClFN4O3/c1-31-27(36)24(13-6-19-2-8-21(28)9-3-19)32-16-17-33(23(18-32)12-14-25(30)34)26(35)15-7-20-4-10-22(29)11-5-20/h2-5,8-11,23-24H,6-7,12-18H2,1H3,(H2,30,34)(H,31,36). The van der Waals surface area contributed by atoms with Crippen molar-refractivity contribution in [3.05, 3.63) is 70.5 Å². The van der Waals surface area contributed by atoms with E-state index in [1.807, 2.05) is 29.2 Å². The van der Waals surface area contributed by atoms with E-state index in [9.17, 15) is 18.8 Å². The molecule has 0 radical (unpaired) electrons. The lowest BCUT2D eigenvalue weighted by Gasteiger charge is -2.44. The van der Waals surface area contributed by atoms with Crippen molar-refractivity contribution in [3.8, 4) is 0 Å². The summed E-state index contributed by atoms with van der Waals surface area (Å²) in [5.41, 5.74) is 7.38. The van der Waals surface area contributed by atoms with E-state index in [1.165, 1.54) is 12.1 Å². The molecule has 0 bridgehead atoms. The molecule has 0 aliphatic carbocycles. The topological polar surface area (TPSA) is 95.7 Å². The molecule has 2 aromatic rings. The fraction of sp³-hybridized carbons (Fsp3) is 0.444. The van der Waals surface area contributed by atoms with Gasteiger partial charge in [-0.1, -0.05) is 35.9 Å². The smallest absolute Gasteiger partial charge is 0.237 e. The lowest BCUT2D eigenvalue weighted by molar-refractivity contribution is -0.139. The zero-order valence-corrected chi connectivity index (χ0v) is 21.3. The fourth-order valence-electron chi connectivity index (χ4n) is 4.69. The highest BCUT2D eigenvalue weighted by Gasteiger charge is 2.35. The van der Waals surface area contributed by atoms with E-state index in [1.54, 1.807) is 19.2 Å². The average molecular weight is 517 g/mol. The Balaban J connectivity index is 1.67. The van der Waals surface area contributed by atoms with Crippen molar-refractivity contribution in [3.63, 3.8) is 0 Å². The van der Waals surface area contributed by atoms with Crippen LogP contribution in [0.2, 0.25) is 5.02 Å². The largest absolute Gasteiger partial charge is 0.370 e. The van der Waals surface area contributed by atoms with Gasteiger partial charge in [-0.05, 0) is 61.1 Å². The number of piperazine rings is 1. The fourth-order valence-corrected chi connectivity index (χ4v) is 4.82. The second-order valence-corrected chi connectivity index (χ2v) is 9.60. The molecule has 0 saturated carbocycles. The molecule has 3 N–H and O–H groups in total. The van der Waals surface area contributed by atoms with Gasteiger partial charge in [-0.25, -0.2) is 4.39 Å². The second-order valence-electron chi connectivity index (χ2n) is 9.16. The molecule has 2 atom stereocenters. The first-order valence-electron chi connectivity index (χ1n) is 12.3. The van der Waals surface area contributed by atoms with Crippen LogP contribution in [-0.4, -0.2) is 66.3 Å². The lowest BCUT2D eigenvalue weighted by atomic mass is 9.99. The van der Waals surface area contributed by atoms with Gasteiger partial charge < -0.3 is 16.0 Å². The van der Waals surface area contributed by atoms with Crippen LogP contribution in [0.25, 0.3) is 0 Å². The number of nitrogens with two attached hydrogens (primary N) is 1. The van der Waals surface area contributed by atoms with Crippen molar-refractivity contribution >= 4 is 29.3 Å². The van der Waals surface area contributed by atoms with Gasteiger partial charge in [-0.3, -0.25) is 19.3 Å². The number of halogens is 2. The molecular weight excluding hydrogens is 483 g/mol. The van der Waals surface area contributed by atoms with E-state index in [2.05, 4.69) is 10.2 Å². The Morgan fingerprint density at radius 1 is 1.03 bits per heavy atom. The Labute approximate surface area is 216 Å². The first-order chi connectivity index (χ1) is 17.3. The number of hydrogen-bond acceptors (Lipinski definition) is 4. The van der Waals surface area contributed by atoms with Crippen LogP contribution in [0.3, 0.4) is 0 Å². The maximum absolute atomic E-state index is 13.2. The SMILES string of the molecule is CNC(=O)C(CCc1ccc(Cl)cc1)N1CCN(C(=O)CCc2ccc(F)cc2)C(CCC(N)=O)C1. The van der Waals surface area contributed by atoms with Crippen molar-refractivity contribution in [2.75, 3.05) is 26.7 Å². The third-order valence-corrected chi connectivity index (χ3v) is 6.96. The summed E-state index contributed by atoms with van der Waals surface area (Å²) >= 11 is 5.99. The van der Waals surface area contributed by atoms with Gasteiger partial charge in [0, 0.05) is 50.6 Å². The number of carbonyl (C=O) groups excluding carboxylic acids is 3. The first kappa shape index (κ1) is 27.6. The normalized spacial score (nSPS) is 17.0. The molecule has 2 unspecified atom stereocenters. The van der Waals surface area contributed by atoms with Gasteiger partial charge in [0.05, 0.1) is 6.04 Å². The highest BCUT2D eigenvalue weighted by Crippen LogP contribution is 2.21. The number of primary amides is 1. The maximum atomic E-state index is 13.2. The van der Waals surface area contributed by atoms with Crippen LogP contribution in [0.15, 0.2) is 48.5 Å². The molecule has 2 aromatic carbocycles. The van der Waals surface area contributed by atoms with Crippen LogP contribution >= 0.6 is 11.6 Å². The number of amides is 3. The Kier molecular flexibility index (Phi) is 10.3. The zero-order valence-electron chi connectivity index (χ0n) is 20.6. The Bertz CT molecular complexity index is 1030. The number of hydrogen-bond donors (Lipinski definition) is 2. The minimum Gasteiger partial charge on any atom is -0.370 e. The van der Waals surface area contributed by atoms with E-state index in [-0.39, 0.29) is 42.6 Å². The number of rotatable bonds is 11. The number of nitrogens with one attached hydrogen (secondary N) is 1. The van der Waals surface area contributed by atoms with Crippen molar-refractivity contribution in [2.24, 2.45) is 5.73 Å². The van der Waals surface area contributed by atoms with Crippen molar-refractivity contribution < 1.29 is 18.8 Å². The van der Waals surface area contributed by atoms with E-state index >= 15 is 0 Å². The number of likely N-dealkylation sites (N-methyl/N-ethyl adjacent to an activating group) is 1. The van der Waals surface area contributed by atoms with E-state index in [0.717, 1.165) is 11.1 Å². The van der Waals surface area contributed by atoms with Crippen LogP contribution in [0, 0.1) is 5.82 Å². The van der Waals surface area contributed by atoms with E-state index in [0.29, 0.717) is 50.3 Å². The highest BCUT2D eigenvalue weighted by atomic mass is 35.5. The summed E-state index contributed by atoms with van der Waals surface area (Å²) in [4.78, 5) is 41.3. The highest BCUT2D eigenvalue weighted by molar-refractivity contribution is 6.30. The zero-order chi connectivity index (χ0) is 26.1. The van der Waals surface area contributed by atoms with Gasteiger partial charge in [0.2, 0.25) is 17.7 Å². The molecule has 1 aliphatic rings. The average Bonchev–Trinajstić information content (AvgIpc) is 2.88. The molecule has 1 heterocycles. The van der Waals surface area contributed by atoms with Gasteiger partial charge in [0.1, 0.15) is 5.82 Å². The van der Waals surface area contributed by atoms with Crippen LogP contribution in [0.4, 0.5) is 4.39 Å². The monoisotopic (exact) mass is 516 g/mol. The maximum Gasteiger partial charge on any atom is 0.237 e. The number of carbonyl (C=O) groups is 3. The molecule has 9 heteroatoms. The summed E-state index contributed by atoms with van der Waals surface area (Å²) in [6.07, 6.45) is 2.71. The van der Waals surface area contributed by atoms with Gasteiger partial charge in [-0.15, -0.1) is 0 Å². The van der Waals surface area contributed by atoms with Gasteiger partial charge in [0.25, 0.3) is 0 Å². The molecule has 36 heavy (non-hydrogen) atoms. The third-order valence-electron chi connectivity index (χ3n) is 6.71. The molecule has 194 valence electrons. The molecule has 0 spiro atoms. The molecule has 0 aromatic heterocycles. The van der Waals surface area contributed by atoms with Gasteiger partial charge in [0.15, 0.2) is 0 Å². The second kappa shape index (κ2) is 13.4. The number of aryl methyl sites for hydroxylation is 2. The van der Waals surface area contributed by atoms with Crippen LogP contribution in [0.5, 0.6) is 0 Å². The minimum absolute atomic E-state index is 0.0221. The van der Waals surface area contributed by atoms with Crippen LogP contribution in [-0.2, 0) is 27.2 Å². The Morgan fingerprint density at radius 2 is 1.67 bits per heavy atom. The van der Waals surface area contributed by atoms with Crippen LogP contribution in [0.1, 0.15) is 36.8 Å². The summed E-state index contributed by atoms with van der Waals surface area (Å²) in [6, 6.07) is 13.1. The Morgan fingerprint density at radius 3 is 2.31 bits per heavy atom. The molecule has 1 aliphatic heterocycles. The first-order valence-corrected chi connectivity index (χ1v) is 12.7. The minimum atomic E-state index is -0.420.